The van der Waals surface area contributed by atoms with E-state index in [1.54, 1.807) is 0 Å². The number of hydrogen-bond donors (Lipinski definition) is 1. The van der Waals surface area contributed by atoms with Gasteiger partial charge in [0, 0.05) is 12.0 Å². The van der Waals surface area contributed by atoms with Crippen molar-refractivity contribution in [3.05, 3.63) is 17.5 Å². The van der Waals surface area contributed by atoms with E-state index in [2.05, 4.69) is 18.1 Å². The first kappa shape index (κ1) is 8.75. The van der Waals surface area contributed by atoms with Crippen LogP contribution in [0.1, 0.15) is 37.1 Å². The fourth-order valence-corrected chi connectivity index (χ4v) is 1.43. The fraction of sp³-hybridized carbons (Fsp3) is 0.700. The second-order valence-corrected chi connectivity index (χ2v) is 4.04. The standard InChI is InChI=1S/C10H16N2O/c1-7(6-11)4-9-5-10(13-12-9)8-2-3-8/h5,7-8H,2-4,6,11H2,1H3. The zero-order valence-corrected chi connectivity index (χ0v) is 7.99. The van der Waals surface area contributed by atoms with Crippen molar-refractivity contribution in [1.29, 1.82) is 0 Å². The van der Waals surface area contributed by atoms with Crippen LogP contribution in [0.5, 0.6) is 0 Å². The van der Waals surface area contributed by atoms with E-state index >= 15 is 0 Å². The molecule has 1 unspecified atom stereocenters. The summed E-state index contributed by atoms with van der Waals surface area (Å²) in [6.07, 6.45) is 3.47. The summed E-state index contributed by atoms with van der Waals surface area (Å²) in [6.45, 7) is 2.84. The van der Waals surface area contributed by atoms with E-state index < -0.39 is 0 Å². The van der Waals surface area contributed by atoms with Gasteiger partial charge < -0.3 is 10.3 Å². The molecule has 1 atom stereocenters. The zero-order chi connectivity index (χ0) is 9.26. The van der Waals surface area contributed by atoms with Gasteiger partial charge in [0.05, 0.1) is 5.69 Å². The Bertz CT molecular complexity index is 278. The summed E-state index contributed by atoms with van der Waals surface area (Å²) < 4.78 is 5.24. The average Bonchev–Trinajstić information content (AvgIpc) is 2.88. The molecule has 1 aromatic rings. The Morgan fingerprint density at radius 1 is 1.69 bits per heavy atom. The summed E-state index contributed by atoms with van der Waals surface area (Å²) in [4.78, 5) is 0. The van der Waals surface area contributed by atoms with Crippen molar-refractivity contribution >= 4 is 0 Å². The first-order valence-corrected chi connectivity index (χ1v) is 4.95. The highest BCUT2D eigenvalue weighted by Crippen LogP contribution is 2.40. The maximum Gasteiger partial charge on any atom is 0.140 e. The van der Waals surface area contributed by atoms with Gasteiger partial charge in [0.2, 0.25) is 0 Å². The quantitative estimate of drug-likeness (QED) is 0.767. The third-order valence-electron chi connectivity index (χ3n) is 2.52. The van der Waals surface area contributed by atoms with Gasteiger partial charge in [0.1, 0.15) is 5.76 Å². The molecule has 3 nitrogen and oxygen atoms in total. The van der Waals surface area contributed by atoms with E-state index in [0.29, 0.717) is 18.4 Å². The van der Waals surface area contributed by atoms with Crippen LogP contribution in [0.2, 0.25) is 0 Å². The van der Waals surface area contributed by atoms with E-state index in [1.807, 2.05) is 0 Å². The maximum atomic E-state index is 5.54. The molecule has 1 aromatic heterocycles. The van der Waals surface area contributed by atoms with Gasteiger partial charge in [-0.3, -0.25) is 0 Å². The highest BCUT2D eigenvalue weighted by atomic mass is 16.5. The molecular formula is C10H16N2O. The van der Waals surface area contributed by atoms with Crippen LogP contribution in [0, 0.1) is 5.92 Å². The molecule has 2 rings (SSSR count). The molecule has 0 aromatic carbocycles. The van der Waals surface area contributed by atoms with Gasteiger partial charge in [-0.15, -0.1) is 0 Å². The predicted octanol–water partition coefficient (Wildman–Crippen LogP) is 1.69. The van der Waals surface area contributed by atoms with Crippen LogP contribution in [-0.2, 0) is 6.42 Å². The van der Waals surface area contributed by atoms with Crippen LogP contribution in [0.3, 0.4) is 0 Å². The molecule has 3 heteroatoms. The first-order valence-electron chi connectivity index (χ1n) is 4.95. The summed E-state index contributed by atoms with van der Waals surface area (Å²) in [5.41, 5.74) is 6.60. The van der Waals surface area contributed by atoms with Crippen LogP contribution in [0.15, 0.2) is 10.6 Å². The van der Waals surface area contributed by atoms with Crippen molar-refractivity contribution in [2.45, 2.75) is 32.1 Å². The molecule has 0 amide bonds. The maximum absolute atomic E-state index is 5.54. The summed E-state index contributed by atoms with van der Waals surface area (Å²) in [6, 6.07) is 2.09. The minimum Gasteiger partial charge on any atom is -0.361 e. The number of rotatable bonds is 4. The van der Waals surface area contributed by atoms with E-state index in [-0.39, 0.29) is 0 Å². The first-order chi connectivity index (χ1) is 6.29. The lowest BCUT2D eigenvalue weighted by Gasteiger charge is -2.02. The molecule has 72 valence electrons. The minimum atomic E-state index is 0.497. The highest BCUT2D eigenvalue weighted by Gasteiger charge is 2.27. The van der Waals surface area contributed by atoms with E-state index in [0.717, 1.165) is 17.9 Å². The van der Waals surface area contributed by atoms with Gasteiger partial charge in [0.25, 0.3) is 0 Å². The monoisotopic (exact) mass is 180 g/mol. The van der Waals surface area contributed by atoms with E-state index in [4.69, 9.17) is 10.3 Å². The Labute approximate surface area is 78.3 Å². The van der Waals surface area contributed by atoms with Crippen molar-refractivity contribution in [2.24, 2.45) is 11.7 Å². The van der Waals surface area contributed by atoms with E-state index in [9.17, 15) is 0 Å². The van der Waals surface area contributed by atoms with Crippen molar-refractivity contribution in [3.8, 4) is 0 Å². The summed E-state index contributed by atoms with van der Waals surface area (Å²) >= 11 is 0. The van der Waals surface area contributed by atoms with Crippen molar-refractivity contribution in [3.63, 3.8) is 0 Å². The number of aromatic nitrogens is 1. The lowest BCUT2D eigenvalue weighted by atomic mass is 10.1. The normalized spacial score (nSPS) is 18.9. The number of hydrogen-bond acceptors (Lipinski definition) is 3. The SMILES string of the molecule is CC(CN)Cc1cc(C2CC2)on1. The van der Waals surface area contributed by atoms with Gasteiger partial charge in [-0.05, 0) is 31.7 Å². The summed E-state index contributed by atoms with van der Waals surface area (Å²) in [5, 5.41) is 4.03. The van der Waals surface area contributed by atoms with Crippen LogP contribution >= 0.6 is 0 Å². The molecule has 1 aliphatic carbocycles. The molecule has 13 heavy (non-hydrogen) atoms. The molecule has 0 aliphatic heterocycles. The summed E-state index contributed by atoms with van der Waals surface area (Å²) in [7, 11) is 0. The average molecular weight is 180 g/mol. The topological polar surface area (TPSA) is 52.0 Å². The van der Waals surface area contributed by atoms with Crippen molar-refractivity contribution in [1.82, 2.24) is 5.16 Å². The summed E-state index contributed by atoms with van der Waals surface area (Å²) in [5.74, 6) is 2.23. The molecule has 0 bridgehead atoms. The van der Waals surface area contributed by atoms with Crippen LogP contribution in [0.25, 0.3) is 0 Å². The van der Waals surface area contributed by atoms with Gasteiger partial charge >= 0.3 is 0 Å². The third-order valence-corrected chi connectivity index (χ3v) is 2.52. The number of nitrogens with two attached hydrogens (primary N) is 1. The Hall–Kier alpha value is -0.830. The lowest BCUT2D eigenvalue weighted by Crippen LogP contribution is -2.13. The van der Waals surface area contributed by atoms with Gasteiger partial charge in [0.15, 0.2) is 0 Å². The van der Waals surface area contributed by atoms with Crippen LogP contribution in [-0.4, -0.2) is 11.7 Å². The Morgan fingerprint density at radius 3 is 3.08 bits per heavy atom. The second-order valence-electron chi connectivity index (χ2n) is 4.04. The lowest BCUT2D eigenvalue weighted by molar-refractivity contribution is 0.374. The molecule has 1 fully saturated rings. The molecule has 1 saturated carbocycles. The van der Waals surface area contributed by atoms with Crippen molar-refractivity contribution in [2.75, 3.05) is 6.54 Å². The van der Waals surface area contributed by atoms with Gasteiger partial charge in [-0.1, -0.05) is 12.1 Å². The molecule has 0 spiro atoms. The smallest absolute Gasteiger partial charge is 0.140 e. The van der Waals surface area contributed by atoms with E-state index in [1.165, 1.54) is 12.8 Å². The highest BCUT2D eigenvalue weighted by molar-refractivity contribution is 5.14. The largest absolute Gasteiger partial charge is 0.361 e. The Kier molecular flexibility index (Phi) is 2.36. The second kappa shape index (κ2) is 3.50. The third kappa shape index (κ3) is 2.10. The van der Waals surface area contributed by atoms with Crippen LogP contribution < -0.4 is 5.73 Å². The fourth-order valence-electron chi connectivity index (χ4n) is 1.43. The number of nitrogens with zero attached hydrogens (tertiary/aromatic N) is 1. The van der Waals surface area contributed by atoms with Gasteiger partial charge in [-0.25, -0.2) is 0 Å². The Balaban J connectivity index is 1.96. The molecular weight excluding hydrogens is 164 g/mol. The molecule has 1 heterocycles. The molecule has 0 saturated heterocycles. The minimum absolute atomic E-state index is 0.497. The molecule has 0 radical (unpaired) electrons. The predicted molar refractivity (Wildman–Crippen MR) is 50.4 cm³/mol. The Morgan fingerprint density at radius 2 is 2.46 bits per heavy atom. The van der Waals surface area contributed by atoms with Crippen LogP contribution in [0.4, 0.5) is 0 Å². The van der Waals surface area contributed by atoms with Crippen molar-refractivity contribution < 1.29 is 4.52 Å². The molecule has 2 N–H and O–H groups in total. The molecule has 1 aliphatic rings. The van der Waals surface area contributed by atoms with Gasteiger partial charge in [-0.2, -0.15) is 0 Å². The zero-order valence-electron chi connectivity index (χ0n) is 7.99.